The maximum Gasteiger partial charge on any atom is 0.410 e. The predicted octanol–water partition coefficient (Wildman–Crippen LogP) is 12.2. The Hall–Kier alpha value is -5.24. The van der Waals surface area contributed by atoms with E-state index in [9.17, 15) is 19.2 Å². The average molecular weight is 1030 g/mol. The molecule has 6 heterocycles. The first-order valence-corrected chi connectivity index (χ1v) is 26.7. The van der Waals surface area contributed by atoms with Crippen LogP contribution in [0.25, 0.3) is 41.6 Å². The summed E-state index contributed by atoms with van der Waals surface area (Å²) in [5.41, 5.74) is 10.4. The van der Waals surface area contributed by atoms with Crippen molar-refractivity contribution in [1.29, 1.82) is 0 Å². The summed E-state index contributed by atoms with van der Waals surface area (Å²) < 4.78 is 13.3. The number of thiazole rings is 2. The highest BCUT2D eigenvalue weighted by Gasteiger charge is 2.33. The number of hydrogen-bond acceptors (Lipinski definition) is 14. The highest BCUT2D eigenvalue weighted by Crippen LogP contribution is 2.47. The fourth-order valence-electron chi connectivity index (χ4n) is 7.26. The van der Waals surface area contributed by atoms with E-state index in [4.69, 9.17) is 25.2 Å². The molecule has 0 spiro atoms. The summed E-state index contributed by atoms with van der Waals surface area (Å²) in [7, 11) is 0. The minimum Gasteiger partial charge on any atom is -0.444 e. The predicted molar refractivity (Wildman–Crippen MR) is 290 cm³/mol. The maximum absolute atomic E-state index is 12.9. The summed E-state index contributed by atoms with van der Waals surface area (Å²) in [6, 6.07) is 16.1. The number of anilines is 2. The van der Waals surface area contributed by atoms with E-state index < -0.39 is 11.2 Å². The Labute approximate surface area is 428 Å². The molecular formula is C52H68N8O6S4. The number of fused-ring (bicyclic) bond motifs is 4. The van der Waals surface area contributed by atoms with Gasteiger partial charge < -0.3 is 41.0 Å². The summed E-state index contributed by atoms with van der Waals surface area (Å²) in [4.78, 5) is 65.4. The molecule has 0 fully saturated rings. The second-order valence-corrected chi connectivity index (χ2v) is 25.5. The molecule has 70 heavy (non-hydrogen) atoms. The van der Waals surface area contributed by atoms with Gasteiger partial charge in [-0.3, -0.25) is 9.59 Å². The molecule has 0 unspecified atom stereocenters. The van der Waals surface area contributed by atoms with Gasteiger partial charge in [0.05, 0.1) is 33.5 Å². The molecule has 2 aliphatic rings. The van der Waals surface area contributed by atoms with Crippen LogP contribution in [0.15, 0.2) is 61.2 Å². The van der Waals surface area contributed by atoms with Gasteiger partial charge in [0.1, 0.15) is 31.2 Å². The first-order chi connectivity index (χ1) is 32.6. The highest BCUT2D eigenvalue weighted by molar-refractivity contribution is 7.23. The third-order valence-electron chi connectivity index (χ3n) is 10.1. The number of ether oxygens (including phenoxy) is 2. The molecule has 6 aromatic rings. The van der Waals surface area contributed by atoms with Gasteiger partial charge in [0.15, 0.2) is 0 Å². The molecule has 4 amide bonds. The van der Waals surface area contributed by atoms with Crippen molar-refractivity contribution in [3.05, 3.63) is 82.1 Å². The first-order valence-electron chi connectivity index (χ1n) is 23.4. The van der Waals surface area contributed by atoms with Gasteiger partial charge in [0.25, 0.3) is 0 Å². The summed E-state index contributed by atoms with van der Waals surface area (Å²) in [6.45, 7) is 29.6. The van der Waals surface area contributed by atoms with Crippen molar-refractivity contribution in [2.45, 2.75) is 138 Å². The number of rotatable bonds is 8. The average Bonchev–Trinajstić information content (AvgIpc) is 4.02. The zero-order chi connectivity index (χ0) is 51.3. The minimum atomic E-state index is -0.542. The van der Waals surface area contributed by atoms with Crippen LogP contribution in [0, 0.1) is 0 Å². The molecule has 4 aromatic heterocycles. The van der Waals surface area contributed by atoms with Crippen molar-refractivity contribution in [2.24, 2.45) is 5.73 Å². The molecule has 0 bridgehead atoms. The van der Waals surface area contributed by atoms with Gasteiger partial charge in [0.2, 0.25) is 11.8 Å². The standard InChI is InChI=1S/C26H34N4O3S2.C22H23N3O3S2.C4H11N/c1-25(2,3)27-13-11-20(31)29-23-21(22-28-17-9-7-8-10-18(17)34-22)16-12-14-30(15-19(16)35-23)24(32)33-26(4,5)6;1-5-17(26)24-20-18(19-23-14-8-6-7-9-15(14)29-19)13-10-11-25(12-16(13)30-20)21(27)28-22(2,3)4;1-4(2,3)5/h7-10,27H,11-15H2,1-6H3,(H,29,31);5-9H,1,10-12H2,2-4H3,(H,24,26);5H2,1-3H3. The molecule has 14 nitrogen and oxygen atoms in total. The molecule has 8 rings (SSSR count). The number of nitrogens with two attached hydrogens (primary N) is 1. The topological polar surface area (TPSA) is 181 Å². The monoisotopic (exact) mass is 1030 g/mol. The zero-order valence-electron chi connectivity index (χ0n) is 42.5. The summed E-state index contributed by atoms with van der Waals surface area (Å²) >= 11 is 6.26. The van der Waals surface area contributed by atoms with Crippen LogP contribution in [-0.2, 0) is 45.0 Å². The van der Waals surface area contributed by atoms with Gasteiger partial charge in [-0.2, -0.15) is 0 Å². The number of nitrogens with one attached hydrogen (secondary N) is 3. The van der Waals surface area contributed by atoms with E-state index in [0.29, 0.717) is 52.0 Å². The lowest BCUT2D eigenvalue weighted by Crippen LogP contribution is -2.39. The normalized spacial score (nSPS) is 13.8. The Bertz CT molecular complexity index is 2780. The summed E-state index contributed by atoms with van der Waals surface area (Å²) in [6.07, 6.45) is 2.38. The molecule has 18 heteroatoms. The Morgan fingerprint density at radius 1 is 0.671 bits per heavy atom. The lowest BCUT2D eigenvalue weighted by Gasteiger charge is -2.30. The van der Waals surface area contributed by atoms with E-state index in [0.717, 1.165) is 72.5 Å². The third kappa shape index (κ3) is 15.1. The summed E-state index contributed by atoms with van der Waals surface area (Å²) in [5.74, 6) is -0.299. The first kappa shape index (κ1) is 54.1. The van der Waals surface area contributed by atoms with Crippen molar-refractivity contribution in [1.82, 2.24) is 25.1 Å². The molecule has 376 valence electrons. The SMILES string of the molecule is C=CC(=O)Nc1sc2c(c1-c1nc3ccccc3s1)CCN(C(=O)OC(C)(C)C)C2.CC(C)(C)N.CC(C)(C)NCCC(=O)Nc1sc2c(c1-c1nc3ccccc3s1)CCN(C(=O)OC(C)(C)C)C2. The van der Waals surface area contributed by atoms with Gasteiger partial charge in [0, 0.05) is 58.0 Å². The van der Waals surface area contributed by atoms with Crippen LogP contribution >= 0.6 is 45.3 Å². The Balaban J connectivity index is 0.000000211. The number of carbonyl (C=O) groups is 4. The molecule has 0 aliphatic carbocycles. The second-order valence-electron chi connectivity index (χ2n) is 21.2. The lowest BCUT2D eigenvalue weighted by molar-refractivity contribution is -0.116. The molecule has 0 saturated heterocycles. The number of amides is 4. The molecular weight excluding hydrogens is 961 g/mol. The number of benzene rings is 2. The van der Waals surface area contributed by atoms with Gasteiger partial charge in [-0.05, 0) is 137 Å². The summed E-state index contributed by atoms with van der Waals surface area (Å²) in [5, 5.41) is 12.8. The van der Waals surface area contributed by atoms with Crippen molar-refractivity contribution in [2.75, 3.05) is 30.3 Å². The Morgan fingerprint density at radius 2 is 1.09 bits per heavy atom. The van der Waals surface area contributed by atoms with Crippen molar-refractivity contribution in [3.63, 3.8) is 0 Å². The number of hydrogen-bond donors (Lipinski definition) is 4. The second kappa shape index (κ2) is 22.0. The number of nitrogens with zero attached hydrogens (tertiary/aromatic N) is 4. The zero-order valence-corrected chi connectivity index (χ0v) is 45.8. The van der Waals surface area contributed by atoms with Crippen LogP contribution in [0.4, 0.5) is 19.6 Å². The number of para-hydroxylation sites is 2. The van der Waals surface area contributed by atoms with E-state index in [2.05, 4.69) is 49.4 Å². The molecule has 2 aromatic carbocycles. The van der Waals surface area contributed by atoms with Crippen LogP contribution in [0.2, 0.25) is 0 Å². The largest absolute Gasteiger partial charge is 0.444 e. The van der Waals surface area contributed by atoms with Gasteiger partial charge >= 0.3 is 12.2 Å². The number of aromatic nitrogens is 2. The quantitative estimate of drug-likeness (QED) is 0.107. The van der Waals surface area contributed by atoms with Gasteiger partial charge in [-0.25, -0.2) is 19.6 Å². The van der Waals surface area contributed by atoms with Gasteiger partial charge in [-0.1, -0.05) is 30.8 Å². The van der Waals surface area contributed by atoms with Gasteiger partial charge in [-0.15, -0.1) is 45.3 Å². The van der Waals surface area contributed by atoms with E-state index in [1.54, 1.807) is 32.5 Å². The van der Waals surface area contributed by atoms with Crippen LogP contribution in [0.3, 0.4) is 0 Å². The van der Waals surface area contributed by atoms with Crippen molar-refractivity contribution in [3.8, 4) is 21.1 Å². The van der Waals surface area contributed by atoms with Crippen LogP contribution < -0.4 is 21.7 Å². The number of thiophene rings is 2. The van der Waals surface area contributed by atoms with Crippen molar-refractivity contribution >= 4 is 99.8 Å². The molecule has 5 N–H and O–H groups in total. The smallest absolute Gasteiger partial charge is 0.410 e. The molecule has 0 atom stereocenters. The van der Waals surface area contributed by atoms with E-state index >= 15 is 0 Å². The van der Waals surface area contributed by atoms with Crippen LogP contribution in [0.5, 0.6) is 0 Å². The molecule has 0 saturated carbocycles. The van der Waals surface area contributed by atoms with Crippen molar-refractivity contribution < 1.29 is 28.7 Å². The number of carbonyl (C=O) groups excluding carboxylic acids is 4. The third-order valence-corrected chi connectivity index (χ3v) is 14.5. The lowest BCUT2D eigenvalue weighted by atomic mass is 10.0. The maximum atomic E-state index is 12.9. The Morgan fingerprint density at radius 3 is 1.47 bits per heavy atom. The van der Waals surface area contributed by atoms with E-state index in [1.807, 2.05) is 105 Å². The molecule has 0 radical (unpaired) electrons. The van der Waals surface area contributed by atoms with E-state index in [1.165, 1.54) is 28.7 Å². The minimum absolute atomic E-state index is 0. The van der Waals surface area contributed by atoms with Crippen LogP contribution in [0.1, 0.15) is 110 Å². The fraction of sp³-hybridized carbons (Fsp3) is 0.462. The fourth-order valence-corrected chi connectivity index (χ4v) is 12.0. The van der Waals surface area contributed by atoms with E-state index in [-0.39, 0.29) is 35.1 Å². The highest BCUT2D eigenvalue weighted by atomic mass is 32.1. The Kier molecular flexibility index (Phi) is 17.0. The molecule has 2 aliphatic heterocycles. The van der Waals surface area contributed by atoms with Crippen LogP contribution in [-0.4, -0.2) is 85.7 Å².